The van der Waals surface area contributed by atoms with Crippen molar-refractivity contribution >= 4 is 23.4 Å². The summed E-state index contributed by atoms with van der Waals surface area (Å²) in [5, 5.41) is 2.94. The summed E-state index contributed by atoms with van der Waals surface area (Å²) in [7, 11) is 0. The smallest absolute Gasteiger partial charge is 0.251 e. The third kappa shape index (κ3) is 3.56. The molecule has 0 radical (unpaired) electrons. The van der Waals surface area contributed by atoms with Crippen LogP contribution in [0.15, 0.2) is 48.5 Å². The van der Waals surface area contributed by atoms with Crippen molar-refractivity contribution < 1.29 is 19.1 Å². The highest BCUT2D eigenvalue weighted by Gasteiger charge is 2.30. The molecule has 0 aliphatic carbocycles. The number of amides is 3. The summed E-state index contributed by atoms with van der Waals surface area (Å²) in [6.45, 7) is 1.10. The molecule has 4 rings (SSSR count). The zero-order valence-electron chi connectivity index (χ0n) is 14.8. The molecule has 2 aliphatic heterocycles. The van der Waals surface area contributed by atoms with E-state index in [-0.39, 0.29) is 36.5 Å². The van der Waals surface area contributed by atoms with Gasteiger partial charge in [-0.2, -0.15) is 0 Å². The largest absolute Gasteiger partial charge is 0.493 e. The van der Waals surface area contributed by atoms with Crippen LogP contribution in [0.2, 0.25) is 0 Å². The fourth-order valence-corrected chi connectivity index (χ4v) is 3.49. The highest BCUT2D eigenvalue weighted by molar-refractivity contribution is 6.19. The molecular weight excluding hydrogens is 344 g/mol. The summed E-state index contributed by atoms with van der Waals surface area (Å²) in [6.07, 6.45) is 1.36. The summed E-state index contributed by atoms with van der Waals surface area (Å²) in [5.41, 5.74) is 2.17. The topological polar surface area (TPSA) is 75.7 Å². The Morgan fingerprint density at radius 2 is 1.74 bits per heavy atom. The average molecular weight is 364 g/mol. The van der Waals surface area contributed by atoms with Gasteiger partial charge in [0, 0.05) is 30.9 Å². The summed E-state index contributed by atoms with van der Waals surface area (Å²) < 4.78 is 5.75. The monoisotopic (exact) mass is 364 g/mol. The highest BCUT2D eigenvalue weighted by Crippen LogP contribution is 2.26. The van der Waals surface area contributed by atoms with Crippen molar-refractivity contribution in [2.45, 2.75) is 19.3 Å². The van der Waals surface area contributed by atoms with E-state index in [1.165, 1.54) is 4.90 Å². The Morgan fingerprint density at radius 1 is 1.04 bits per heavy atom. The lowest BCUT2D eigenvalue weighted by atomic mass is 9.96. The lowest BCUT2D eigenvalue weighted by Crippen LogP contribution is -2.34. The third-order valence-corrected chi connectivity index (χ3v) is 4.95. The number of hydrogen-bond acceptors (Lipinski definition) is 4. The fraction of sp³-hybridized carbons (Fsp3) is 0.286. The van der Waals surface area contributed by atoms with E-state index >= 15 is 0 Å². The number of imide groups is 1. The minimum atomic E-state index is -0.199. The minimum Gasteiger partial charge on any atom is -0.493 e. The van der Waals surface area contributed by atoms with Crippen LogP contribution in [0, 0.1) is 5.92 Å². The molecule has 3 amide bonds. The van der Waals surface area contributed by atoms with Crippen molar-refractivity contribution in [3.63, 3.8) is 0 Å². The zero-order chi connectivity index (χ0) is 18.8. The van der Waals surface area contributed by atoms with Gasteiger partial charge in [0.05, 0.1) is 12.3 Å². The van der Waals surface area contributed by atoms with E-state index in [1.54, 1.807) is 24.3 Å². The maximum atomic E-state index is 12.4. The average Bonchev–Trinajstić information content (AvgIpc) is 3.04. The number of carbonyl (C=O) groups excluding carboxylic acids is 3. The van der Waals surface area contributed by atoms with Gasteiger partial charge in [-0.15, -0.1) is 0 Å². The van der Waals surface area contributed by atoms with Gasteiger partial charge in [-0.05, 0) is 42.3 Å². The molecule has 2 aromatic carbocycles. The molecule has 1 N–H and O–H groups in total. The molecule has 2 aliphatic rings. The van der Waals surface area contributed by atoms with Crippen LogP contribution >= 0.6 is 0 Å². The number of hydrogen-bond donors (Lipinski definition) is 1. The second-order valence-corrected chi connectivity index (χ2v) is 6.87. The molecule has 1 atom stereocenters. The normalized spacial score (nSPS) is 18.8. The number of benzene rings is 2. The first-order chi connectivity index (χ1) is 13.1. The molecule has 0 aromatic heterocycles. The lowest BCUT2D eigenvalue weighted by molar-refractivity contribution is -0.121. The van der Waals surface area contributed by atoms with E-state index in [4.69, 9.17) is 4.74 Å². The van der Waals surface area contributed by atoms with E-state index in [9.17, 15) is 14.4 Å². The predicted molar refractivity (Wildman–Crippen MR) is 99.6 cm³/mol. The molecule has 0 bridgehead atoms. The number of nitrogens with one attached hydrogen (secondary N) is 1. The first-order valence-electron chi connectivity index (χ1n) is 9.06. The Morgan fingerprint density at radius 3 is 2.48 bits per heavy atom. The number of carbonyl (C=O) groups is 3. The molecule has 27 heavy (non-hydrogen) atoms. The predicted octanol–water partition coefficient (Wildman–Crippen LogP) is 2.32. The second kappa shape index (κ2) is 7.23. The van der Waals surface area contributed by atoms with Crippen molar-refractivity contribution in [1.82, 2.24) is 5.32 Å². The van der Waals surface area contributed by atoms with Crippen LogP contribution in [0.1, 0.15) is 28.8 Å². The Labute approximate surface area is 157 Å². The van der Waals surface area contributed by atoms with Crippen molar-refractivity contribution in [3.05, 3.63) is 59.7 Å². The van der Waals surface area contributed by atoms with Crippen LogP contribution in [0.5, 0.6) is 5.75 Å². The van der Waals surface area contributed by atoms with Crippen LogP contribution in [0.25, 0.3) is 0 Å². The fourth-order valence-electron chi connectivity index (χ4n) is 3.49. The van der Waals surface area contributed by atoms with Gasteiger partial charge in [-0.3, -0.25) is 19.3 Å². The molecular formula is C21H20N2O4. The minimum absolute atomic E-state index is 0.181. The summed E-state index contributed by atoms with van der Waals surface area (Å²) in [4.78, 5) is 37.1. The number of anilines is 1. The van der Waals surface area contributed by atoms with Gasteiger partial charge in [0.1, 0.15) is 5.75 Å². The van der Waals surface area contributed by atoms with Crippen LogP contribution in [0.4, 0.5) is 5.69 Å². The highest BCUT2D eigenvalue weighted by atomic mass is 16.5. The van der Waals surface area contributed by atoms with Crippen molar-refractivity contribution in [2.24, 2.45) is 5.92 Å². The number of para-hydroxylation sites is 1. The summed E-state index contributed by atoms with van der Waals surface area (Å²) in [5.74, 6) is 0.564. The summed E-state index contributed by atoms with van der Waals surface area (Å²) >= 11 is 0. The molecule has 0 unspecified atom stereocenters. The number of rotatable bonds is 4. The van der Waals surface area contributed by atoms with Crippen molar-refractivity contribution in [3.8, 4) is 5.75 Å². The van der Waals surface area contributed by atoms with Crippen molar-refractivity contribution in [2.75, 3.05) is 18.1 Å². The summed E-state index contributed by atoms with van der Waals surface area (Å²) in [6, 6.07) is 14.5. The first kappa shape index (κ1) is 17.3. The SMILES string of the molecule is O=C(NC[C@H]1COc2ccccc2C1)c1ccc(N2C(=O)CCC2=O)cc1. The van der Waals surface area contributed by atoms with Gasteiger partial charge in [0.2, 0.25) is 11.8 Å². The quantitative estimate of drug-likeness (QED) is 0.845. The Hall–Kier alpha value is -3.15. The van der Waals surface area contributed by atoms with Crippen LogP contribution in [0.3, 0.4) is 0 Å². The standard InChI is InChI=1S/C21H20N2O4/c24-19-9-10-20(25)23(19)17-7-5-15(6-8-17)21(26)22-12-14-11-16-3-1-2-4-18(16)27-13-14/h1-8,14H,9-13H2,(H,22,26)/t14-/m0/s1. The van der Waals surface area contributed by atoms with Gasteiger partial charge in [-0.25, -0.2) is 0 Å². The molecule has 0 saturated carbocycles. The van der Waals surface area contributed by atoms with Gasteiger partial charge in [-0.1, -0.05) is 18.2 Å². The van der Waals surface area contributed by atoms with E-state index in [1.807, 2.05) is 24.3 Å². The van der Waals surface area contributed by atoms with E-state index in [0.717, 1.165) is 17.7 Å². The third-order valence-electron chi connectivity index (χ3n) is 4.95. The number of ether oxygens (including phenoxy) is 1. The molecule has 1 saturated heterocycles. The van der Waals surface area contributed by atoms with Crippen LogP contribution < -0.4 is 15.0 Å². The van der Waals surface area contributed by atoms with Gasteiger partial charge in [0.15, 0.2) is 0 Å². The van der Waals surface area contributed by atoms with Crippen LogP contribution in [-0.4, -0.2) is 30.9 Å². The van der Waals surface area contributed by atoms with Crippen LogP contribution in [-0.2, 0) is 16.0 Å². The van der Waals surface area contributed by atoms with E-state index in [0.29, 0.717) is 24.4 Å². The van der Waals surface area contributed by atoms with Crippen molar-refractivity contribution in [1.29, 1.82) is 0 Å². The Bertz CT molecular complexity index is 875. The Kier molecular flexibility index (Phi) is 4.62. The maximum absolute atomic E-state index is 12.4. The Balaban J connectivity index is 1.35. The molecule has 6 heteroatoms. The van der Waals surface area contributed by atoms with Gasteiger partial charge >= 0.3 is 0 Å². The molecule has 6 nitrogen and oxygen atoms in total. The van der Waals surface area contributed by atoms with Gasteiger partial charge in [0.25, 0.3) is 5.91 Å². The lowest BCUT2D eigenvalue weighted by Gasteiger charge is -2.25. The zero-order valence-corrected chi connectivity index (χ0v) is 14.8. The maximum Gasteiger partial charge on any atom is 0.251 e. The van der Waals surface area contributed by atoms with E-state index in [2.05, 4.69) is 5.32 Å². The first-order valence-corrected chi connectivity index (χ1v) is 9.06. The van der Waals surface area contributed by atoms with Gasteiger partial charge < -0.3 is 10.1 Å². The number of fused-ring (bicyclic) bond motifs is 1. The molecule has 2 heterocycles. The van der Waals surface area contributed by atoms with E-state index < -0.39 is 0 Å². The molecule has 1 fully saturated rings. The molecule has 0 spiro atoms. The molecule has 138 valence electrons. The number of nitrogens with zero attached hydrogens (tertiary/aromatic N) is 1. The molecule has 2 aromatic rings. The second-order valence-electron chi connectivity index (χ2n) is 6.87.